The maximum atomic E-state index is 13.1. The van der Waals surface area contributed by atoms with E-state index in [-0.39, 0.29) is 23.5 Å². The van der Waals surface area contributed by atoms with E-state index in [0.29, 0.717) is 35.4 Å². The number of fused-ring (bicyclic) bond motifs is 2. The third-order valence-corrected chi connectivity index (χ3v) is 9.65. The lowest BCUT2D eigenvalue weighted by Crippen LogP contribution is -2.52. The Hall–Kier alpha value is -5.19. The van der Waals surface area contributed by atoms with Gasteiger partial charge in [-0.1, -0.05) is 30.2 Å². The molecule has 0 unspecified atom stereocenters. The molecule has 14 nitrogen and oxygen atoms in total. The number of amides is 3. The van der Waals surface area contributed by atoms with E-state index in [2.05, 4.69) is 41.5 Å². The van der Waals surface area contributed by atoms with Gasteiger partial charge in [0.2, 0.25) is 11.9 Å². The molecule has 0 radical (unpaired) electrons. The van der Waals surface area contributed by atoms with Crippen molar-refractivity contribution in [2.45, 2.75) is 62.3 Å². The number of alkyl halides is 3. The molecule has 5 N–H and O–H groups in total. The van der Waals surface area contributed by atoms with Gasteiger partial charge in [0.25, 0.3) is 5.91 Å². The van der Waals surface area contributed by atoms with Gasteiger partial charge in [-0.15, -0.1) is 0 Å². The van der Waals surface area contributed by atoms with Gasteiger partial charge < -0.3 is 36.1 Å². The molecule has 3 aliphatic rings. The number of nitrogens with one attached hydrogen (secondary N) is 5. The molecule has 4 atom stereocenters. The summed E-state index contributed by atoms with van der Waals surface area (Å²) < 4.78 is 48.4. The van der Waals surface area contributed by atoms with Crippen LogP contribution in [0.5, 0.6) is 6.01 Å². The van der Waals surface area contributed by atoms with E-state index in [0.717, 1.165) is 38.4 Å². The van der Waals surface area contributed by atoms with Crippen LogP contribution < -0.4 is 31.3 Å². The average molecular weight is 745 g/mol. The van der Waals surface area contributed by atoms with Crippen LogP contribution in [0.3, 0.4) is 0 Å². The number of anilines is 3. The first-order valence-electron chi connectivity index (χ1n) is 16.6. The number of halogens is 4. The van der Waals surface area contributed by atoms with Gasteiger partial charge in [-0.3, -0.25) is 14.4 Å². The molecule has 2 aromatic carbocycles. The molecule has 6 rings (SSSR count). The molecule has 0 aliphatic heterocycles. The van der Waals surface area contributed by atoms with Crippen LogP contribution in [0.4, 0.5) is 30.8 Å². The summed E-state index contributed by atoms with van der Waals surface area (Å²) in [6, 6.07) is 11.0. The Morgan fingerprint density at radius 3 is 2.27 bits per heavy atom. The van der Waals surface area contributed by atoms with Crippen LogP contribution in [-0.4, -0.2) is 77.2 Å². The largest absolute Gasteiger partial charge is 0.467 e. The maximum Gasteiger partial charge on any atom is 0.422 e. The lowest BCUT2D eigenvalue weighted by atomic mass is 9.95. The van der Waals surface area contributed by atoms with E-state index in [1.807, 2.05) is 12.1 Å². The number of methoxy groups -OCH3 is 1. The number of esters is 1. The first-order valence-corrected chi connectivity index (χ1v) is 17.0. The highest BCUT2D eigenvalue weighted by atomic mass is 35.5. The Labute approximate surface area is 301 Å². The van der Waals surface area contributed by atoms with Gasteiger partial charge in [0, 0.05) is 28.9 Å². The standard InChI is InChI=1S/C34H36ClF3N8O6/c1-51-29(50)25(16-39-27(48)28(49)41-24-15-18-2-3-20(24)14-18)42-26(47)19-4-10-23(11-5-19)40-30-43-31(45-32(44-30)52-17-34(36,37)38)46-33(12-13-33)21-6-8-22(35)9-7-21/h4-11,18,20,24-25H,2-3,12-17H2,1H3,(H,39,48)(H,41,49)(H,42,47)(H2,40,43,44,45,46)/t18-,20+,24-,25+/m1/s1. The predicted octanol–water partition coefficient (Wildman–Crippen LogP) is 4.00. The van der Waals surface area contributed by atoms with Crippen LogP contribution in [0.25, 0.3) is 0 Å². The summed E-state index contributed by atoms with van der Waals surface area (Å²) in [7, 11) is 1.12. The Morgan fingerprint density at radius 1 is 0.942 bits per heavy atom. The second-order valence-electron chi connectivity index (χ2n) is 13.1. The zero-order valence-corrected chi connectivity index (χ0v) is 28.6. The van der Waals surface area contributed by atoms with E-state index in [4.69, 9.17) is 21.1 Å². The van der Waals surface area contributed by atoms with Crippen LogP contribution in [0.1, 0.15) is 54.4 Å². The molecule has 18 heteroatoms. The molecule has 52 heavy (non-hydrogen) atoms. The number of carbonyl (C=O) groups excluding carboxylic acids is 4. The Balaban J connectivity index is 1.08. The van der Waals surface area contributed by atoms with Crippen molar-refractivity contribution in [3.05, 3.63) is 64.7 Å². The van der Waals surface area contributed by atoms with Crippen molar-refractivity contribution >= 4 is 52.9 Å². The molecule has 1 aromatic heterocycles. The van der Waals surface area contributed by atoms with Crippen molar-refractivity contribution in [2.75, 3.05) is 30.9 Å². The maximum absolute atomic E-state index is 13.1. The fourth-order valence-corrected chi connectivity index (χ4v) is 6.74. The van der Waals surface area contributed by atoms with E-state index >= 15 is 0 Å². The van der Waals surface area contributed by atoms with Gasteiger partial charge in [-0.05, 0) is 85.9 Å². The Kier molecular flexibility index (Phi) is 10.7. The predicted molar refractivity (Wildman–Crippen MR) is 181 cm³/mol. The number of hydrogen-bond acceptors (Lipinski definition) is 11. The summed E-state index contributed by atoms with van der Waals surface area (Å²) in [6.07, 6.45) is 0.842. The molecule has 0 saturated heterocycles. The third kappa shape index (κ3) is 9.18. The fourth-order valence-electron chi connectivity index (χ4n) is 6.61. The molecule has 3 aliphatic carbocycles. The fraction of sp³-hybridized carbons (Fsp3) is 0.441. The van der Waals surface area contributed by atoms with Gasteiger partial charge in [-0.25, -0.2) is 4.79 Å². The number of hydrogen-bond donors (Lipinski definition) is 5. The van der Waals surface area contributed by atoms with Gasteiger partial charge in [0.15, 0.2) is 6.61 Å². The van der Waals surface area contributed by atoms with Crippen molar-refractivity contribution in [2.24, 2.45) is 11.8 Å². The Morgan fingerprint density at radius 2 is 1.65 bits per heavy atom. The summed E-state index contributed by atoms with van der Waals surface area (Å²) >= 11 is 6.03. The van der Waals surface area contributed by atoms with Crippen LogP contribution in [0.15, 0.2) is 48.5 Å². The number of aromatic nitrogens is 3. The van der Waals surface area contributed by atoms with Gasteiger partial charge >= 0.3 is 30.0 Å². The molecule has 276 valence electrons. The number of rotatable bonds is 13. The SMILES string of the molecule is COC(=O)[C@H](CNC(=O)C(=O)N[C@@H]1C[C@@H]2CC[C@H]1C2)NC(=O)c1ccc(Nc2nc(NC3(c4ccc(Cl)cc4)CC3)nc(OCC(F)(F)F)n2)cc1. The normalized spacial score (nSPS) is 20.3. The van der Waals surface area contributed by atoms with Crippen LogP contribution in [0.2, 0.25) is 5.02 Å². The molecule has 3 amide bonds. The first kappa shape index (κ1) is 36.6. The number of nitrogens with zero attached hydrogens (tertiary/aromatic N) is 3. The molecule has 2 bridgehead atoms. The minimum atomic E-state index is -4.63. The summed E-state index contributed by atoms with van der Waals surface area (Å²) in [4.78, 5) is 62.8. The van der Waals surface area contributed by atoms with Crippen molar-refractivity contribution in [1.82, 2.24) is 30.9 Å². The van der Waals surface area contributed by atoms with E-state index in [1.165, 1.54) is 24.3 Å². The quantitative estimate of drug-likeness (QED) is 0.126. The monoisotopic (exact) mass is 744 g/mol. The van der Waals surface area contributed by atoms with Crippen LogP contribution in [-0.2, 0) is 24.7 Å². The molecular formula is C34H36ClF3N8O6. The first-order chi connectivity index (χ1) is 24.8. The van der Waals surface area contributed by atoms with Gasteiger partial charge in [0.1, 0.15) is 6.04 Å². The molecule has 3 fully saturated rings. The number of benzene rings is 2. The summed E-state index contributed by atoms with van der Waals surface area (Å²) in [5.74, 6) is -2.48. The van der Waals surface area contributed by atoms with E-state index in [1.54, 1.807) is 12.1 Å². The van der Waals surface area contributed by atoms with Gasteiger partial charge in [-0.2, -0.15) is 28.1 Å². The second-order valence-corrected chi connectivity index (χ2v) is 13.5. The minimum Gasteiger partial charge on any atom is -0.467 e. The Bertz CT molecular complexity index is 1810. The smallest absolute Gasteiger partial charge is 0.422 e. The van der Waals surface area contributed by atoms with E-state index in [9.17, 15) is 32.3 Å². The molecule has 3 aromatic rings. The van der Waals surface area contributed by atoms with Crippen LogP contribution >= 0.6 is 11.6 Å². The second kappa shape index (κ2) is 15.2. The zero-order chi connectivity index (χ0) is 37.0. The highest BCUT2D eigenvalue weighted by molar-refractivity contribution is 6.35. The summed E-state index contributed by atoms with van der Waals surface area (Å²) in [5.41, 5.74) is 0.816. The molecule has 0 spiro atoms. The van der Waals surface area contributed by atoms with Crippen LogP contribution in [0, 0.1) is 11.8 Å². The highest BCUT2D eigenvalue weighted by Crippen LogP contribution is 2.48. The van der Waals surface area contributed by atoms with E-state index < -0.39 is 60.6 Å². The van der Waals surface area contributed by atoms with Crippen molar-refractivity contribution in [3.63, 3.8) is 0 Å². The minimum absolute atomic E-state index is 0.0258. The highest BCUT2D eigenvalue weighted by Gasteiger charge is 2.45. The number of ether oxygens (including phenoxy) is 2. The lowest BCUT2D eigenvalue weighted by Gasteiger charge is -2.23. The molecule has 3 saturated carbocycles. The topological polar surface area (TPSA) is 186 Å². The molecular weight excluding hydrogens is 709 g/mol. The summed E-state index contributed by atoms with van der Waals surface area (Å²) in [5, 5.41) is 14.3. The summed E-state index contributed by atoms with van der Waals surface area (Å²) in [6.45, 7) is -2.01. The molecule has 1 heterocycles. The van der Waals surface area contributed by atoms with Gasteiger partial charge in [0.05, 0.1) is 12.6 Å². The van der Waals surface area contributed by atoms with Crippen molar-refractivity contribution < 1.29 is 41.8 Å². The van der Waals surface area contributed by atoms with Crippen molar-refractivity contribution in [1.29, 1.82) is 0 Å². The zero-order valence-electron chi connectivity index (χ0n) is 27.9. The third-order valence-electron chi connectivity index (χ3n) is 9.40. The van der Waals surface area contributed by atoms with Crippen molar-refractivity contribution in [3.8, 4) is 6.01 Å². The average Bonchev–Trinajstić information content (AvgIpc) is 3.57. The number of carbonyl (C=O) groups is 4. The lowest BCUT2D eigenvalue weighted by molar-refractivity contribution is -0.154.